The highest BCUT2D eigenvalue weighted by Gasteiger charge is 2.70. The lowest BCUT2D eigenvalue weighted by molar-refractivity contribution is -0.177. The number of alkyl halides is 3. The maximum atomic E-state index is 13.7. The van der Waals surface area contributed by atoms with Crippen molar-refractivity contribution in [1.29, 1.82) is 5.26 Å². The van der Waals surface area contributed by atoms with E-state index in [9.17, 15) is 37.6 Å². The van der Waals surface area contributed by atoms with Gasteiger partial charge in [0, 0.05) is 18.0 Å². The van der Waals surface area contributed by atoms with Crippen LogP contribution in [0.1, 0.15) is 65.7 Å². The van der Waals surface area contributed by atoms with Gasteiger partial charge in [0.05, 0.1) is 6.07 Å². The average molecular weight is 538 g/mol. The van der Waals surface area contributed by atoms with Crippen LogP contribution in [0.5, 0.6) is 0 Å². The van der Waals surface area contributed by atoms with E-state index in [1.54, 1.807) is 6.92 Å². The molecule has 5 fully saturated rings. The summed E-state index contributed by atoms with van der Waals surface area (Å²) in [6.45, 7) is 5.81. The number of nitrogens with zero attached hydrogens (tertiary/aromatic N) is 2. The lowest BCUT2D eigenvalue weighted by Crippen LogP contribution is -2.63. The lowest BCUT2D eigenvalue weighted by Gasteiger charge is -2.46. The Hall–Kier alpha value is -2.84. The van der Waals surface area contributed by atoms with E-state index in [1.165, 1.54) is 4.90 Å². The van der Waals surface area contributed by atoms with Crippen molar-refractivity contribution in [1.82, 2.24) is 20.9 Å². The highest BCUT2D eigenvalue weighted by Crippen LogP contribution is 2.65. The SMILES string of the molecule is CC1(C(NC(=O)C(F)(F)F)C(=O)N2C[C@H]3[C@@H]([C@H]2C(=O)N[C@H](C#N)C[C@@H]2CC4(CC4)NC2=O)C3(C)C)CCC1. The van der Waals surface area contributed by atoms with Gasteiger partial charge in [0.15, 0.2) is 0 Å². The lowest BCUT2D eigenvalue weighted by atomic mass is 9.65. The summed E-state index contributed by atoms with van der Waals surface area (Å²) in [5, 5.41) is 17.4. The molecule has 6 atom stereocenters. The zero-order chi connectivity index (χ0) is 27.8. The minimum atomic E-state index is -5.14. The van der Waals surface area contributed by atoms with Crippen molar-refractivity contribution < 1.29 is 32.3 Å². The molecule has 0 radical (unpaired) electrons. The van der Waals surface area contributed by atoms with E-state index in [0.29, 0.717) is 19.3 Å². The number of hydrogen-bond donors (Lipinski definition) is 3. The van der Waals surface area contributed by atoms with Crippen LogP contribution in [0.3, 0.4) is 0 Å². The second-order valence-electron chi connectivity index (χ2n) is 12.9. The fraction of sp³-hybridized carbons (Fsp3) is 0.808. The molecule has 9 nitrogen and oxygen atoms in total. The highest BCUT2D eigenvalue weighted by atomic mass is 19.4. The molecule has 0 aromatic rings. The molecule has 1 spiro atoms. The van der Waals surface area contributed by atoms with Gasteiger partial charge in [-0.2, -0.15) is 18.4 Å². The summed E-state index contributed by atoms with van der Waals surface area (Å²) in [7, 11) is 0. The predicted molar refractivity (Wildman–Crippen MR) is 127 cm³/mol. The van der Waals surface area contributed by atoms with Crippen LogP contribution in [0.4, 0.5) is 13.2 Å². The third-order valence-electron chi connectivity index (χ3n) is 9.98. The van der Waals surface area contributed by atoms with Crippen LogP contribution in [-0.4, -0.2) is 64.9 Å². The summed E-state index contributed by atoms with van der Waals surface area (Å²) in [6, 6.07) is -1.28. The zero-order valence-electron chi connectivity index (χ0n) is 21.8. The second-order valence-corrected chi connectivity index (χ2v) is 12.9. The summed E-state index contributed by atoms with van der Waals surface area (Å²) in [5.74, 6) is -4.20. The number of fused-ring (bicyclic) bond motifs is 1. The predicted octanol–water partition coefficient (Wildman–Crippen LogP) is 1.77. The molecule has 0 bridgehead atoms. The Labute approximate surface area is 219 Å². The Morgan fingerprint density at radius 3 is 2.32 bits per heavy atom. The summed E-state index contributed by atoms with van der Waals surface area (Å²) >= 11 is 0. The first-order valence-corrected chi connectivity index (χ1v) is 13.3. The number of hydrogen-bond acceptors (Lipinski definition) is 5. The highest BCUT2D eigenvalue weighted by molar-refractivity contribution is 5.95. The first-order chi connectivity index (χ1) is 17.6. The minimum absolute atomic E-state index is 0.0220. The molecule has 5 rings (SSSR count). The van der Waals surface area contributed by atoms with Gasteiger partial charge in [-0.05, 0) is 61.2 Å². The van der Waals surface area contributed by atoms with Gasteiger partial charge in [-0.1, -0.05) is 27.2 Å². The largest absolute Gasteiger partial charge is 0.471 e. The monoisotopic (exact) mass is 537 g/mol. The van der Waals surface area contributed by atoms with Gasteiger partial charge < -0.3 is 20.9 Å². The third kappa shape index (κ3) is 4.41. The fourth-order valence-corrected chi connectivity index (χ4v) is 7.08. The number of likely N-dealkylation sites (tertiary alicyclic amines) is 1. The molecule has 0 aromatic carbocycles. The molecule has 3 saturated carbocycles. The van der Waals surface area contributed by atoms with Crippen LogP contribution >= 0.6 is 0 Å². The van der Waals surface area contributed by atoms with E-state index >= 15 is 0 Å². The number of halogens is 3. The number of rotatable bonds is 7. The van der Waals surface area contributed by atoms with Crippen molar-refractivity contribution in [3.63, 3.8) is 0 Å². The molecule has 3 aliphatic carbocycles. The quantitative estimate of drug-likeness (QED) is 0.456. The van der Waals surface area contributed by atoms with Gasteiger partial charge in [0.25, 0.3) is 0 Å². The standard InChI is InChI=1S/C26H34F3N5O4/c1-23(2)15-12-34(21(37)18(24(3)5-4-6-24)32-22(38)26(27,28)29)17(16(15)23)20(36)31-14(11-30)9-13-10-25(7-8-25)33-19(13)35/h13-18H,4-10,12H2,1-3H3,(H,31,36)(H,32,38)(H,33,35)/t13-,14+,15+,16+,17+,18?/m1/s1. The molecule has 2 heterocycles. The van der Waals surface area contributed by atoms with Crippen LogP contribution < -0.4 is 16.0 Å². The number of carbonyl (C=O) groups is 4. The number of nitriles is 1. The van der Waals surface area contributed by atoms with Crippen molar-refractivity contribution >= 4 is 23.6 Å². The number of carbonyl (C=O) groups excluding carboxylic acids is 4. The molecule has 1 unspecified atom stereocenters. The molecule has 3 N–H and O–H groups in total. The van der Waals surface area contributed by atoms with Crippen LogP contribution in [-0.2, 0) is 19.2 Å². The zero-order valence-corrected chi connectivity index (χ0v) is 21.8. The molecule has 38 heavy (non-hydrogen) atoms. The maximum Gasteiger partial charge on any atom is 0.471 e. The molecule has 0 aromatic heterocycles. The summed E-state index contributed by atoms with van der Waals surface area (Å²) < 4.78 is 39.3. The first kappa shape index (κ1) is 26.8. The topological polar surface area (TPSA) is 131 Å². The summed E-state index contributed by atoms with van der Waals surface area (Å²) in [6.07, 6.45) is -0.887. The molecule has 5 aliphatic rings. The molecule has 2 aliphatic heterocycles. The maximum absolute atomic E-state index is 13.7. The van der Waals surface area contributed by atoms with E-state index < -0.39 is 53.4 Å². The van der Waals surface area contributed by atoms with Crippen LogP contribution in [0.15, 0.2) is 0 Å². The molecule has 208 valence electrons. The van der Waals surface area contributed by atoms with Gasteiger partial charge in [-0.25, -0.2) is 0 Å². The number of nitrogens with one attached hydrogen (secondary N) is 3. The normalized spacial score (nSPS) is 32.8. The van der Waals surface area contributed by atoms with E-state index in [2.05, 4.69) is 16.7 Å². The minimum Gasteiger partial charge on any atom is -0.350 e. The molecule has 4 amide bonds. The van der Waals surface area contributed by atoms with Crippen molar-refractivity contribution in [2.75, 3.05) is 6.54 Å². The van der Waals surface area contributed by atoms with Gasteiger partial charge >= 0.3 is 12.1 Å². The first-order valence-electron chi connectivity index (χ1n) is 13.3. The Bertz CT molecular complexity index is 1110. The molecular formula is C26H34F3N5O4. The third-order valence-corrected chi connectivity index (χ3v) is 9.98. The van der Waals surface area contributed by atoms with Crippen molar-refractivity contribution in [2.24, 2.45) is 28.6 Å². The number of amides is 4. The molecule has 12 heteroatoms. The van der Waals surface area contributed by atoms with Crippen molar-refractivity contribution in [2.45, 2.75) is 95.6 Å². The van der Waals surface area contributed by atoms with Crippen molar-refractivity contribution in [3.05, 3.63) is 0 Å². The Balaban J connectivity index is 1.33. The van der Waals surface area contributed by atoms with E-state index in [1.807, 2.05) is 19.2 Å². The molecule has 2 saturated heterocycles. The Morgan fingerprint density at radius 2 is 1.82 bits per heavy atom. The smallest absolute Gasteiger partial charge is 0.350 e. The van der Waals surface area contributed by atoms with Crippen LogP contribution in [0, 0.1) is 39.9 Å². The second kappa shape index (κ2) is 8.58. The van der Waals surface area contributed by atoms with Crippen LogP contribution in [0.25, 0.3) is 0 Å². The van der Waals surface area contributed by atoms with Gasteiger partial charge in [0.2, 0.25) is 17.7 Å². The van der Waals surface area contributed by atoms with Crippen molar-refractivity contribution in [3.8, 4) is 6.07 Å². The van der Waals surface area contributed by atoms with E-state index in [-0.39, 0.29) is 41.7 Å². The van der Waals surface area contributed by atoms with E-state index in [4.69, 9.17) is 0 Å². The van der Waals surface area contributed by atoms with E-state index in [0.717, 1.165) is 19.3 Å². The van der Waals surface area contributed by atoms with Gasteiger partial charge in [-0.15, -0.1) is 0 Å². The van der Waals surface area contributed by atoms with Gasteiger partial charge in [0.1, 0.15) is 18.1 Å². The molecular weight excluding hydrogens is 503 g/mol. The fourth-order valence-electron chi connectivity index (χ4n) is 7.08. The summed E-state index contributed by atoms with van der Waals surface area (Å²) in [5.41, 5.74) is -1.26. The van der Waals surface area contributed by atoms with Gasteiger partial charge in [-0.3, -0.25) is 19.2 Å². The average Bonchev–Trinajstić information content (AvgIpc) is 3.53. The summed E-state index contributed by atoms with van der Waals surface area (Å²) in [4.78, 5) is 52.8. The number of piperidine rings is 1. The van der Waals surface area contributed by atoms with Crippen LogP contribution in [0.2, 0.25) is 0 Å². The Kier molecular flexibility index (Phi) is 6.04. The Morgan fingerprint density at radius 1 is 1.16 bits per heavy atom.